The first-order valence-electron chi connectivity index (χ1n) is 8.80. The molecule has 3 N–H and O–H groups in total. The molecule has 0 aliphatic heterocycles. The van der Waals surface area contributed by atoms with Crippen LogP contribution in [0.15, 0.2) is 45.5 Å². The van der Waals surface area contributed by atoms with Gasteiger partial charge in [-0.15, -0.1) is 15.3 Å². The number of halogens is 1. The summed E-state index contributed by atoms with van der Waals surface area (Å²) >= 11 is 3.21. The quantitative estimate of drug-likeness (QED) is 0.0921. The number of carbonyl (C=O) groups is 1. The molecule has 4 rings (SSSR count). The molecule has 14 nitrogen and oxygen atoms in total. The van der Waals surface area contributed by atoms with Crippen LogP contribution in [0.2, 0.25) is 0 Å². The van der Waals surface area contributed by atoms with Crippen molar-refractivity contribution >= 4 is 52.6 Å². The summed E-state index contributed by atoms with van der Waals surface area (Å²) in [6.07, 6.45) is 2.97. The monoisotopic (exact) mass is 567 g/mol. The van der Waals surface area contributed by atoms with E-state index in [2.05, 4.69) is 44.9 Å². The number of nitrogens with zero attached hydrogens (tertiary/aromatic N) is 9. The summed E-state index contributed by atoms with van der Waals surface area (Å²) in [4.78, 5) is 12.8. The maximum absolute atomic E-state index is 12.8. The lowest BCUT2D eigenvalue weighted by molar-refractivity contribution is 0.0949. The number of anilines is 1. The van der Waals surface area contributed by atoms with Gasteiger partial charge in [0.15, 0.2) is 10.9 Å². The van der Waals surface area contributed by atoms with Gasteiger partial charge in [-0.3, -0.25) is 4.79 Å². The highest BCUT2D eigenvalue weighted by Gasteiger charge is 2.25. The number of carbonyl (C=O) groups excluding carboxylic acids is 1. The molecule has 16 heteroatoms. The number of benzene rings is 1. The second-order valence-corrected chi connectivity index (χ2v) is 7.62. The maximum atomic E-state index is 12.8. The van der Waals surface area contributed by atoms with Crippen LogP contribution in [-0.4, -0.2) is 57.3 Å². The van der Waals surface area contributed by atoms with E-state index in [9.17, 15) is 9.90 Å². The van der Waals surface area contributed by atoms with Crippen LogP contribution in [0.3, 0.4) is 0 Å². The molecule has 32 heavy (non-hydrogen) atoms. The molecule has 0 radical (unpaired) electrons. The molecular weight excluding hydrogens is 553 g/mol. The highest BCUT2D eigenvalue weighted by atomic mass is 127. The van der Waals surface area contributed by atoms with Crippen LogP contribution in [0.5, 0.6) is 5.75 Å². The second kappa shape index (κ2) is 9.73. The summed E-state index contributed by atoms with van der Waals surface area (Å²) in [5.41, 5.74) is 3.48. The number of thioether (sulfide) groups is 1. The van der Waals surface area contributed by atoms with E-state index in [-0.39, 0.29) is 23.0 Å². The normalized spacial score (nSPS) is 11.2. The smallest absolute Gasteiger partial charge is 0.293 e. The molecule has 0 aliphatic carbocycles. The van der Waals surface area contributed by atoms with E-state index in [4.69, 9.17) is 4.63 Å². The first kappa shape index (κ1) is 21.7. The summed E-state index contributed by atoms with van der Waals surface area (Å²) in [7, 11) is 1.81. The van der Waals surface area contributed by atoms with Gasteiger partial charge in [0.1, 0.15) is 12.1 Å². The molecule has 0 saturated heterocycles. The zero-order valence-corrected chi connectivity index (χ0v) is 19.2. The van der Waals surface area contributed by atoms with Crippen molar-refractivity contribution in [2.45, 2.75) is 10.9 Å². The Hall–Kier alpha value is -3.54. The second-order valence-electron chi connectivity index (χ2n) is 6.13. The maximum Gasteiger partial charge on any atom is 0.293 e. The number of phenols is 1. The van der Waals surface area contributed by atoms with Crippen LogP contribution in [0.4, 0.5) is 5.82 Å². The number of nitrogens with one attached hydrogen (secondary N) is 2. The van der Waals surface area contributed by atoms with Gasteiger partial charge in [0.05, 0.1) is 34.8 Å². The fourth-order valence-electron chi connectivity index (χ4n) is 2.52. The van der Waals surface area contributed by atoms with Crippen molar-refractivity contribution in [2.24, 2.45) is 12.1 Å². The Bertz CT molecular complexity index is 1270. The van der Waals surface area contributed by atoms with Crippen molar-refractivity contribution in [3.63, 3.8) is 0 Å². The molecule has 0 unspecified atom stereocenters. The molecule has 3 heterocycles. The minimum absolute atomic E-state index is 0.0372. The Balaban J connectivity index is 1.60. The van der Waals surface area contributed by atoms with E-state index in [1.165, 1.54) is 34.8 Å². The minimum atomic E-state index is -0.582. The highest BCUT2D eigenvalue weighted by molar-refractivity contribution is 14.1. The number of phenolic OH excluding ortho intramolecular Hbond substituents is 1. The lowest BCUT2D eigenvalue weighted by Crippen LogP contribution is -2.20. The first-order chi connectivity index (χ1) is 15.6. The van der Waals surface area contributed by atoms with E-state index in [1.54, 1.807) is 30.1 Å². The van der Waals surface area contributed by atoms with Gasteiger partial charge in [0, 0.05) is 12.8 Å². The SMILES string of the molecule is Cn1cnnc1SCc1c(C(=O)N/N=C/c2cccc(O)c2)nnn1-c1nonc1NI. The zero-order chi connectivity index (χ0) is 22.5. The van der Waals surface area contributed by atoms with Crippen LogP contribution >= 0.6 is 34.6 Å². The Morgan fingerprint density at radius 1 is 1.38 bits per heavy atom. The number of amides is 1. The van der Waals surface area contributed by atoms with Crippen LogP contribution in [-0.2, 0) is 12.8 Å². The van der Waals surface area contributed by atoms with Gasteiger partial charge in [-0.05, 0) is 28.0 Å². The number of hydrazone groups is 1. The van der Waals surface area contributed by atoms with Crippen molar-refractivity contribution in [3.8, 4) is 11.6 Å². The number of aryl methyl sites for hydroxylation is 1. The fraction of sp³-hybridized carbons (Fsp3) is 0.125. The Morgan fingerprint density at radius 2 is 2.25 bits per heavy atom. The van der Waals surface area contributed by atoms with Gasteiger partial charge < -0.3 is 13.2 Å². The highest BCUT2D eigenvalue weighted by Crippen LogP contribution is 2.25. The molecule has 0 bridgehead atoms. The summed E-state index contributed by atoms with van der Waals surface area (Å²) in [6.45, 7) is 0. The Morgan fingerprint density at radius 3 is 3.00 bits per heavy atom. The van der Waals surface area contributed by atoms with Crippen LogP contribution in [0, 0.1) is 0 Å². The largest absolute Gasteiger partial charge is 0.508 e. The lowest BCUT2D eigenvalue weighted by Gasteiger charge is -2.05. The van der Waals surface area contributed by atoms with Crippen molar-refractivity contribution < 1.29 is 14.5 Å². The number of rotatable bonds is 8. The lowest BCUT2D eigenvalue weighted by atomic mass is 10.2. The van der Waals surface area contributed by atoms with Gasteiger partial charge in [-0.25, -0.2) is 10.1 Å². The van der Waals surface area contributed by atoms with Crippen LogP contribution < -0.4 is 8.96 Å². The van der Waals surface area contributed by atoms with Crippen LogP contribution in [0.1, 0.15) is 21.7 Å². The van der Waals surface area contributed by atoms with E-state index in [1.807, 2.05) is 22.9 Å². The van der Waals surface area contributed by atoms with Gasteiger partial charge in [-0.2, -0.15) is 9.78 Å². The predicted octanol–water partition coefficient (Wildman–Crippen LogP) is 1.30. The molecule has 0 aliphatic rings. The van der Waals surface area contributed by atoms with E-state index < -0.39 is 5.91 Å². The molecule has 1 amide bonds. The van der Waals surface area contributed by atoms with E-state index in [0.717, 1.165) is 0 Å². The number of hydrogen-bond acceptors (Lipinski definition) is 12. The summed E-state index contributed by atoms with van der Waals surface area (Å²) in [5.74, 6) is 0.331. The molecule has 0 fully saturated rings. The van der Waals surface area contributed by atoms with Gasteiger partial charge in [0.25, 0.3) is 5.91 Å². The summed E-state index contributed by atoms with van der Waals surface area (Å²) in [5, 5.41) is 37.6. The van der Waals surface area contributed by atoms with Gasteiger partial charge in [-0.1, -0.05) is 29.1 Å². The molecule has 4 aromatic rings. The van der Waals surface area contributed by atoms with Crippen molar-refractivity contribution in [1.29, 1.82) is 0 Å². The van der Waals surface area contributed by atoms with E-state index >= 15 is 0 Å². The van der Waals surface area contributed by atoms with Gasteiger partial charge >= 0.3 is 0 Å². The summed E-state index contributed by atoms with van der Waals surface area (Å²) < 4.78 is 10.7. The van der Waals surface area contributed by atoms with Crippen molar-refractivity contribution in [2.75, 3.05) is 3.53 Å². The third-order valence-corrected chi connectivity index (χ3v) is 5.55. The molecule has 0 spiro atoms. The Labute approximate surface area is 197 Å². The molecule has 164 valence electrons. The average molecular weight is 567 g/mol. The van der Waals surface area contributed by atoms with Gasteiger partial charge in [0.2, 0.25) is 11.6 Å². The number of aromatic nitrogens is 8. The Kier molecular flexibility index (Phi) is 6.59. The standard InChI is InChI=1S/C16H14IN11O3S/c1-27-8-19-23-16(27)32-7-11-12(21-26-28(11)14-13(20-17)24-31-25-14)15(30)22-18-6-9-3-2-4-10(29)5-9/h2-6,8,29H,7H2,1H3,(H,20,24)(H,22,30)/b18-6+. The third kappa shape index (κ3) is 4.69. The van der Waals surface area contributed by atoms with Crippen LogP contribution in [0.25, 0.3) is 5.82 Å². The molecule has 1 aromatic carbocycles. The fourth-order valence-corrected chi connectivity index (χ4v) is 3.74. The summed E-state index contributed by atoms with van der Waals surface area (Å²) in [6, 6.07) is 6.43. The number of aromatic hydroxyl groups is 1. The molecule has 0 saturated carbocycles. The van der Waals surface area contributed by atoms with E-state index in [0.29, 0.717) is 22.2 Å². The van der Waals surface area contributed by atoms with Crippen molar-refractivity contribution in [1.82, 2.24) is 45.5 Å². The predicted molar refractivity (Wildman–Crippen MR) is 121 cm³/mol. The minimum Gasteiger partial charge on any atom is -0.508 e. The molecule has 3 aromatic heterocycles. The average Bonchev–Trinajstić information content (AvgIpc) is 3.51. The van der Waals surface area contributed by atoms with Crippen molar-refractivity contribution in [3.05, 3.63) is 47.5 Å². The topological polar surface area (TPSA) is 174 Å². The molecule has 0 atom stereocenters. The molecular formula is C16H14IN11O3S. The third-order valence-electron chi connectivity index (χ3n) is 4.00. The zero-order valence-electron chi connectivity index (χ0n) is 16.2. The first-order valence-corrected chi connectivity index (χ1v) is 10.9. The number of hydrogen-bond donors (Lipinski definition) is 3.